The van der Waals surface area contributed by atoms with Crippen LogP contribution in [0.5, 0.6) is 0 Å². The third kappa shape index (κ3) is 2.58. The zero-order chi connectivity index (χ0) is 19.5. The van der Waals surface area contributed by atoms with Gasteiger partial charge < -0.3 is 13.7 Å². The highest BCUT2D eigenvalue weighted by Crippen LogP contribution is 2.37. The second kappa shape index (κ2) is 5.93. The van der Waals surface area contributed by atoms with Gasteiger partial charge in [-0.25, -0.2) is 0 Å². The molecule has 0 N–H and O–H groups in total. The molecular weight excluding hydrogens is 349 g/mol. The van der Waals surface area contributed by atoms with Crippen molar-refractivity contribution >= 4 is 34.5 Å². The van der Waals surface area contributed by atoms with Gasteiger partial charge in [-0.15, -0.1) is 0 Å². The van der Waals surface area contributed by atoms with Crippen molar-refractivity contribution in [3.63, 3.8) is 0 Å². The van der Waals surface area contributed by atoms with Crippen LogP contribution >= 0.6 is 0 Å². The first-order valence-electron chi connectivity index (χ1n) is 9.58. The standard InChI is InChI=1S/C23H22BNO3/c1-22(2)23(3,4)28-24(27-22)16-11-9-15(10-12-16)20-21-18(13-14-25-20)17-7-5-6-8-19(17)26-21/h5-14H,1-4H3. The first-order chi connectivity index (χ1) is 13.4. The summed E-state index contributed by atoms with van der Waals surface area (Å²) in [5.74, 6) is 0. The number of hydrogen-bond acceptors (Lipinski definition) is 4. The summed E-state index contributed by atoms with van der Waals surface area (Å²) in [6.07, 6.45) is 1.84. The van der Waals surface area contributed by atoms with Crippen molar-refractivity contribution < 1.29 is 13.7 Å². The van der Waals surface area contributed by atoms with Crippen LogP contribution in [0.2, 0.25) is 0 Å². The summed E-state index contributed by atoms with van der Waals surface area (Å²) >= 11 is 0. The Kier molecular flexibility index (Phi) is 3.70. The van der Waals surface area contributed by atoms with Gasteiger partial charge in [0, 0.05) is 22.5 Å². The molecule has 0 unspecified atom stereocenters. The Morgan fingerprint density at radius 3 is 2.18 bits per heavy atom. The second-order valence-electron chi connectivity index (χ2n) is 8.34. The fraction of sp³-hybridized carbons (Fsp3) is 0.261. The third-order valence-electron chi connectivity index (χ3n) is 6.00. The van der Waals surface area contributed by atoms with E-state index in [1.807, 2.05) is 42.6 Å². The van der Waals surface area contributed by atoms with Gasteiger partial charge in [-0.2, -0.15) is 0 Å². The predicted molar refractivity (Wildman–Crippen MR) is 113 cm³/mol. The highest BCUT2D eigenvalue weighted by Gasteiger charge is 2.51. The van der Waals surface area contributed by atoms with Gasteiger partial charge in [0.1, 0.15) is 11.3 Å². The van der Waals surface area contributed by atoms with Crippen molar-refractivity contribution in [2.75, 3.05) is 0 Å². The monoisotopic (exact) mass is 371 g/mol. The number of pyridine rings is 1. The molecule has 3 heterocycles. The molecule has 0 bridgehead atoms. The van der Waals surface area contributed by atoms with Crippen LogP contribution in [0.1, 0.15) is 27.7 Å². The Hall–Kier alpha value is -2.63. The molecule has 28 heavy (non-hydrogen) atoms. The quantitative estimate of drug-likeness (QED) is 0.468. The molecule has 2 aromatic carbocycles. The summed E-state index contributed by atoms with van der Waals surface area (Å²) in [5.41, 5.74) is 3.83. The molecule has 1 aliphatic heterocycles. The minimum absolute atomic E-state index is 0.349. The van der Waals surface area contributed by atoms with E-state index in [0.717, 1.165) is 38.7 Å². The van der Waals surface area contributed by atoms with Gasteiger partial charge in [-0.1, -0.05) is 42.5 Å². The number of furan rings is 1. The molecule has 1 aliphatic rings. The Labute approximate surface area is 164 Å². The summed E-state index contributed by atoms with van der Waals surface area (Å²) in [4.78, 5) is 4.59. The Morgan fingerprint density at radius 2 is 1.46 bits per heavy atom. The smallest absolute Gasteiger partial charge is 0.454 e. The molecule has 0 spiro atoms. The SMILES string of the molecule is CC1(C)OB(c2ccc(-c3nccc4c3oc3ccccc34)cc2)OC1(C)C. The molecule has 4 aromatic rings. The van der Waals surface area contributed by atoms with Crippen LogP contribution < -0.4 is 5.46 Å². The van der Waals surface area contributed by atoms with Gasteiger partial charge in [-0.3, -0.25) is 4.98 Å². The van der Waals surface area contributed by atoms with Gasteiger partial charge in [0.25, 0.3) is 0 Å². The predicted octanol–water partition coefficient (Wildman–Crippen LogP) is 4.95. The molecule has 5 rings (SSSR count). The maximum atomic E-state index is 6.15. The van der Waals surface area contributed by atoms with E-state index in [0.29, 0.717) is 0 Å². The Morgan fingerprint density at radius 1 is 0.786 bits per heavy atom. The summed E-state index contributed by atoms with van der Waals surface area (Å²) in [6.45, 7) is 8.25. The first kappa shape index (κ1) is 17.5. The lowest BCUT2D eigenvalue weighted by Gasteiger charge is -2.32. The van der Waals surface area contributed by atoms with Crippen LogP contribution in [-0.2, 0) is 9.31 Å². The van der Waals surface area contributed by atoms with Crippen molar-refractivity contribution in [1.82, 2.24) is 4.98 Å². The maximum Gasteiger partial charge on any atom is 0.494 e. The van der Waals surface area contributed by atoms with Crippen LogP contribution in [0.15, 0.2) is 65.2 Å². The number of hydrogen-bond donors (Lipinski definition) is 0. The fourth-order valence-electron chi connectivity index (χ4n) is 3.63. The Balaban J connectivity index is 1.53. The van der Waals surface area contributed by atoms with Gasteiger partial charge in [0.05, 0.1) is 11.2 Å². The third-order valence-corrected chi connectivity index (χ3v) is 6.00. The van der Waals surface area contributed by atoms with Gasteiger partial charge in [-0.05, 0) is 45.3 Å². The van der Waals surface area contributed by atoms with E-state index in [1.54, 1.807) is 0 Å². The van der Waals surface area contributed by atoms with E-state index in [1.165, 1.54) is 0 Å². The zero-order valence-electron chi connectivity index (χ0n) is 16.5. The number of rotatable bonds is 2. The topological polar surface area (TPSA) is 44.5 Å². The number of fused-ring (bicyclic) bond motifs is 3. The largest absolute Gasteiger partial charge is 0.494 e. The molecule has 1 saturated heterocycles. The van der Waals surface area contributed by atoms with E-state index < -0.39 is 0 Å². The lowest BCUT2D eigenvalue weighted by molar-refractivity contribution is 0.00578. The maximum absolute atomic E-state index is 6.15. The van der Waals surface area contributed by atoms with E-state index in [-0.39, 0.29) is 18.3 Å². The Bertz CT molecular complexity index is 1160. The summed E-state index contributed by atoms with van der Waals surface area (Å²) in [6, 6.07) is 18.3. The van der Waals surface area contributed by atoms with Crippen molar-refractivity contribution in [2.45, 2.75) is 38.9 Å². The van der Waals surface area contributed by atoms with Crippen molar-refractivity contribution in [2.24, 2.45) is 0 Å². The van der Waals surface area contributed by atoms with Crippen molar-refractivity contribution in [1.29, 1.82) is 0 Å². The highest BCUT2D eigenvalue weighted by atomic mass is 16.7. The summed E-state index contributed by atoms with van der Waals surface area (Å²) < 4.78 is 18.4. The molecular formula is C23H22BNO3. The second-order valence-corrected chi connectivity index (χ2v) is 8.34. The lowest BCUT2D eigenvalue weighted by Crippen LogP contribution is -2.41. The highest BCUT2D eigenvalue weighted by molar-refractivity contribution is 6.62. The molecule has 140 valence electrons. The van der Waals surface area contributed by atoms with E-state index >= 15 is 0 Å². The van der Waals surface area contributed by atoms with Gasteiger partial charge in [0.15, 0.2) is 5.58 Å². The molecule has 4 nitrogen and oxygen atoms in total. The molecule has 0 saturated carbocycles. The minimum atomic E-state index is -0.367. The average molecular weight is 371 g/mol. The lowest BCUT2D eigenvalue weighted by atomic mass is 9.78. The molecule has 0 amide bonds. The molecule has 2 aromatic heterocycles. The number of benzene rings is 2. The van der Waals surface area contributed by atoms with E-state index in [2.05, 4.69) is 50.9 Å². The summed E-state index contributed by atoms with van der Waals surface area (Å²) in [7, 11) is -0.367. The van der Waals surface area contributed by atoms with Gasteiger partial charge >= 0.3 is 7.12 Å². The summed E-state index contributed by atoms with van der Waals surface area (Å²) in [5, 5.41) is 2.19. The van der Waals surface area contributed by atoms with E-state index in [4.69, 9.17) is 13.7 Å². The zero-order valence-corrected chi connectivity index (χ0v) is 16.5. The van der Waals surface area contributed by atoms with Crippen LogP contribution in [0.3, 0.4) is 0 Å². The minimum Gasteiger partial charge on any atom is -0.454 e. The van der Waals surface area contributed by atoms with Crippen LogP contribution in [0.4, 0.5) is 0 Å². The molecule has 0 aliphatic carbocycles. The average Bonchev–Trinajstić information content (AvgIpc) is 3.15. The number of para-hydroxylation sites is 1. The first-order valence-corrected chi connectivity index (χ1v) is 9.58. The molecule has 0 atom stereocenters. The number of nitrogens with zero attached hydrogens (tertiary/aromatic N) is 1. The van der Waals surface area contributed by atoms with Gasteiger partial charge in [0.2, 0.25) is 0 Å². The number of aromatic nitrogens is 1. The van der Waals surface area contributed by atoms with Crippen molar-refractivity contribution in [3.8, 4) is 11.3 Å². The van der Waals surface area contributed by atoms with Crippen LogP contribution in [-0.4, -0.2) is 23.3 Å². The van der Waals surface area contributed by atoms with Crippen molar-refractivity contribution in [3.05, 3.63) is 60.8 Å². The van der Waals surface area contributed by atoms with Crippen LogP contribution in [0, 0.1) is 0 Å². The molecule has 0 radical (unpaired) electrons. The molecule has 1 fully saturated rings. The van der Waals surface area contributed by atoms with E-state index in [9.17, 15) is 0 Å². The normalized spacial score (nSPS) is 18.2. The van der Waals surface area contributed by atoms with Crippen LogP contribution in [0.25, 0.3) is 33.2 Å². The fourth-order valence-corrected chi connectivity index (χ4v) is 3.63. The molecule has 5 heteroatoms.